The number of nitrogens with zero attached hydrogens (tertiary/aromatic N) is 1. The molecule has 4 unspecified atom stereocenters. The third-order valence-electron chi connectivity index (χ3n) is 4.78. The average molecular weight is 240 g/mol. The molecule has 0 aromatic carbocycles. The number of piperidine rings is 1. The second-order valence-electron chi connectivity index (χ2n) is 5.80. The summed E-state index contributed by atoms with van der Waals surface area (Å²) in [5.74, 6) is -0.992. The highest BCUT2D eigenvalue weighted by Crippen LogP contribution is 2.30. The Labute approximate surface area is 103 Å². The van der Waals surface area contributed by atoms with Crippen LogP contribution in [0.25, 0.3) is 0 Å². The Morgan fingerprint density at radius 1 is 1.29 bits per heavy atom. The van der Waals surface area contributed by atoms with Gasteiger partial charge in [0.25, 0.3) is 0 Å². The predicted molar refractivity (Wildman–Crippen MR) is 67.0 cm³/mol. The van der Waals surface area contributed by atoms with Crippen molar-refractivity contribution in [1.29, 1.82) is 0 Å². The van der Waals surface area contributed by atoms with Crippen LogP contribution in [0.1, 0.15) is 39.5 Å². The summed E-state index contributed by atoms with van der Waals surface area (Å²) < 4.78 is 0. The van der Waals surface area contributed by atoms with Gasteiger partial charge in [-0.05, 0) is 39.7 Å². The fourth-order valence-corrected chi connectivity index (χ4v) is 3.25. The third kappa shape index (κ3) is 2.63. The Balaban J connectivity index is 1.95. The molecule has 2 fully saturated rings. The maximum absolute atomic E-state index is 11.0. The summed E-state index contributed by atoms with van der Waals surface area (Å²) in [6.45, 7) is 3.84. The minimum absolute atomic E-state index is 0.106. The molecule has 0 aromatic heterocycles. The summed E-state index contributed by atoms with van der Waals surface area (Å²) in [6, 6.07) is 1.97. The fraction of sp³-hybridized carbons (Fsp3) is 0.923. The van der Waals surface area contributed by atoms with Crippen LogP contribution in [0.3, 0.4) is 0 Å². The number of carboxylic acid groups (broad SMARTS) is 1. The maximum atomic E-state index is 11.0. The number of hydrogen-bond acceptors (Lipinski definition) is 3. The van der Waals surface area contributed by atoms with Gasteiger partial charge in [0.05, 0.1) is 5.92 Å². The van der Waals surface area contributed by atoms with Gasteiger partial charge in [0.15, 0.2) is 0 Å². The molecule has 2 aliphatic heterocycles. The van der Waals surface area contributed by atoms with Gasteiger partial charge >= 0.3 is 5.97 Å². The Morgan fingerprint density at radius 2 is 1.82 bits per heavy atom. The Hall–Kier alpha value is -0.610. The molecule has 2 aliphatic rings. The van der Waals surface area contributed by atoms with Crippen molar-refractivity contribution in [2.45, 2.75) is 63.7 Å². The van der Waals surface area contributed by atoms with Gasteiger partial charge in [-0.2, -0.15) is 0 Å². The van der Waals surface area contributed by atoms with Crippen molar-refractivity contribution in [1.82, 2.24) is 10.2 Å². The molecule has 98 valence electrons. The molecule has 0 aromatic rings. The van der Waals surface area contributed by atoms with Crippen molar-refractivity contribution in [3.05, 3.63) is 0 Å². The zero-order chi connectivity index (χ0) is 12.6. The molecule has 2 saturated heterocycles. The topological polar surface area (TPSA) is 52.6 Å². The maximum Gasteiger partial charge on any atom is 0.307 e. The van der Waals surface area contributed by atoms with Crippen LogP contribution in [0, 0.1) is 5.92 Å². The molecule has 2 bridgehead atoms. The first-order chi connectivity index (χ1) is 7.99. The van der Waals surface area contributed by atoms with E-state index in [-0.39, 0.29) is 12.0 Å². The van der Waals surface area contributed by atoms with Crippen molar-refractivity contribution in [2.24, 2.45) is 5.92 Å². The first kappa shape index (κ1) is 12.8. The summed E-state index contributed by atoms with van der Waals surface area (Å²) in [7, 11) is 2.08. The smallest absolute Gasteiger partial charge is 0.307 e. The molecule has 2 heterocycles. The SMILES string of the molecule is CC(C(=O)O)C(C)N(C)C1CC2CCC(C1)N2. The normalized spacial score (nSPS) is 35.9. The lowest BCUT2D eigenvalue weighted by molar-refractivity contribution is -0.143. The first-order valence-corrected chi connectivity index (χ1v) is 6.69. The van der Waals surface area contributed by atoms with Gasteiger partial charge in [-0.25, -0.2) is 0 Å². The number of carbonyl (C=O) groups is 1. The lowest BCUT2D eigenvalue weighted by Gasteiger charge is -2.39. The van der Waals surface area contributed by atoms with E-state index < -0.39 is 5.97 Å². The lowest BCUT2D eigenvalue weighted by Crippen LogP contribution is -2.51. The number of aliphatic carboxylic acids is 1. The summed E-state index contributed by atoms with van der Waals surface area (Å²) in [5, 5.41) is 12.7. The highest BCUT2D eigenvalue weighted by Gasteiger charge is 2.37. The molecule has 4 atom stereocenters. The summed E-state index contributed by atoms with van der Waals surface area (Å²) in [4.78, 5) is 13.3. The van der Waals surface area contributed by atoms with Crippen LogP contribution in [0.5, 0.6) is 0 Å². The van der Waals surface area contributed by atoms with E-state index in [1.54, 1.807) is 6.92 Å². The molecule has 2 N–H and O–H groups in total. The quantitative estimate of drug-likeness (QED) is 0.778. The van der Waals surface area contributed by atoms with E-state index >= 15 is 0 Å². The van der Waals surface area contributed by atoms with E-state index in [9.17, 15) is 4.79 Å². The monoisotopic (exact) mass is 240 g/mol. The van der Waals surface area contributed by atoms with Crippen LogP contribution < -0.4 is 5.32 Å². The van der Waals surface area contributed by atoms with E-state index in [0.717, 1.165) is 0 Å². The van der Waals surface area contributed by atoms with Crippen molar-refractivity contribution in [3.8, 4) is 0 Å². The molecule has 0 amide bonds. The Morgan fingerprint density at radius 3 is 2.29 bits per heavy atom. The summed E-state index contributed by atoms with van der Waals surface area (Å²) >= 11 is 0. The summed E-state index contributed by atoms with van der Waals surface area (Å²) in [6.07, 6.45) is 4.92. The highest BCUT2D eigenvalue weighted by molar-refractivity contribution is 5.70. The molecule has 0 spiro atoms. The third-order valence-corrected chi connectivity index (χ3v) is 4.78. The van der Waals surface area contributed by atoms with Gasteiger partial charge in [-0.3, -0.25) is 9.69 Å². The molecule has 0 radical (unpaired) electrons. The van der Waals surface area contributed by atoms with E-state index in [4.69, 9.17) is 5.11 Å². The van der Waals surface area contributed by atoms with Crippen LogP contribution in [0.4, 0.5) is 0 Å². The number of fused-ring (bicyclic) bond motifs is 2. The van der Waals surface area contributed by atoms with Gasteiger partial charge in [0.2, 0.25) is 0 Å². The van der Waals surface area contributed by atoms with Crippen molar-refractivity contribution >= 4 is 5.97 Å². The number of carboxylic acids is 1. The first-order valence-electron chi connectivity index (χ1n) is 6.69. The van der Waals surface area contributed by atoms with Crippen molar-refractivity contribution < 1.29 is 9.90 Å². The fourth-order valence-electron chi connectivity index (χ4n) is 3.25. The minimum atomic E-state index is -0.693. The number of nitrogens with one attached hydrogen (secondary N) is 1. The second-order valence-corrected chi connectivity index (χ2v) is 5.80. The van der Waals surface area contributed by atoms with Crippen molar-refractivity contribution in [3.63, 3.8) is 0 Å². The zero-order valence-electron chi connectivity index (χ0n) is 11.0. The van der Waals surface area contributed by atoms with Gasteiger partial charge in [0, 0.05) is 24.2 Å². The van der Waals surface area contributed by atoms with Crippen LogP contribution >= 0.6 is 0 Å². The highest BCUT2D eigenvalue weighted by atomic mass is 16.4. The molecule has 17 heavy (non-hydrogen) atoms. The van der Waals surface area contributed by atoms with E-state index in [2.05, 4.69) is 17.3 Å². The van der Waals surface area contributed by atoms with E-state index in [1.165, 1.54) is 25.7 Å². The Kier molecular flexibility index (Phi) is 3.73. The standard InChI is InChI=1S/C13H24N2O2/c1-8(13(16)17)9(2)15(3)12-6-10-4-5-11(7-12)14-10/h8-12,14H,4-7H2,1-3H3,(H,16,17). The van der Waals surface area contributed by atoms with E-state index in [0.29, 0.717) is 18.1 Å². The van der Waals surface area contributed by atoms with Crippen LogP contribution in [0.15, 0.2) is 0 Å². The number of hydrogen-bond donors (Lipinski definition) is 2. The van der Waals surface area contributed by atoms with Gasteiger partial charge in [-0.1, -0.05) is 6.92 Å². The van der Waals surface area contributed by atoms with E-state index in [1.807, 2.05) is 6.92 Å². The molecule has 4 nitrogen and oxygen atoms in total. The largest absolute Gasteiger partial charge is 0.481 e. The zero-order valence-corrected chi connectivity index (χ0v) is 11.0. The number of rotatable bonds is 4. The van der Waals surface area contributed by atoms with Gasteiger partial charge in [-0.15, -0.1) is 0 Å². The van der Waals surface area contributed by atoms with Crippen LogP contribution in [-0.4, -0.2) is 47.2 Å². The van der Waals surface area contributed by atoms with Gasteiger partial charge < -0.3 is 10.4 Å². The molecular formula is C13H24N2O2. The van der Waals surface area contributed by atoms with Crippen molar-refractivity contribution in [2.75, 3.05) is 7.05 Å². The Bertz CT molecular complexity index is 283. The molecule has 2 rings (SSSR count). The molecule has 0 aliphatic carbocycles. The average Bonchev–Trinajstić information content (AvgIpc) is 2.65. The second kappa shape index (κ2) is 4.94. The molecule has 0 saturated carbocycles. The molecular weight excluding hydrogens is 216 g/mol. The minimum Gasteiger partial charge on any atom is -0.481 e. The lowest BCUT2D eigenvalue weighted by atomic mass is 9.94. The van der Waals surface area contributed by atoms with Gasteiger partial charge in [0.1, 0.15) is 0 Å². The predicted octanol–water partition coefficient (Wildman–Crippen LogP) is 1.31. The molecule has 4 heteroatoms. The van der Waals surface area contributed by atoms with Crippen LogP contribution in [0.2, 0.25) is 0 Å². The van der Waals surface area contributed by atoms with Crippen LogP contribution in [-0.2, 0) is 4.79 Å². The summed E-state index contributed by atoms with van der Waals surface area (Å²) in [5.41, 5.74) is 0.